The second-order valence-corrected chi connectivity index (χ2v) is 6.21. The highest BCUT2D eigenvalue weighted by Crippen LogP contribution is 2.37. The molecule has 1 aliphatic heterocycles. The van der Waals surface area contributed by atoms with Crippen LogP contribution >= 0.6 is 34.5 Å². The largest absolute Gasteiger partial charge is 0.298 e. The average Bonchev–Trinajstić information content (AvgIpc) is 2.64. The van der Waals surface area contributed by atoms with Crippen molar-refractivity contribution in [2.45, 2.75) is 19.0 Å². The van der Waals surface area contributed by atoms with E-state index < -0.39 is 0 Å². The summed E-state index contributed by atoms with van der Waals surface area (Å²) in [5.74, 6) is 0.650. The van der Waals surface area contributed by atoms with Crippen LogP contribution in [0.1, 0.15) is 11.1 Å². The van der Waals surface area contributed by atoms with Gasteiger partial charge in [-0.15, -0.1) is 22.9 Å². The van der Waals surface area contributed by atoms with Gasteiger partial charge in [0, 0.05) is 33.6 Å². The number of hydrogen-bond acceptors (Lipinski definition) is 2. The summed E-state index contributed by atoms with van der Waals surface area (Å²) in [6.07, 6.45) is 0.944. The summed E-state index contributed by atoms with van der Waals surface area (Å²) in [5, 5.41) is 4.49. The van der Waals surface area contributed by atoms with Crippen LogP contribution in [0.25, 0.3) is 10.1 Å². The first-order chi connectivity index (χ1) is 8.20. The van der Waals surface area contributed by atoms with Gasteiger partial charge in [-0.25, -0.2) is 0 Å². The molecule has 0 spiro atoms. The number of benzene rings is 1. The van der Waals surface area contributed by atoms with Gasteiger partial charge in [-0.1, -0.05) is 11.6 Å². The number of nitrogens with zero attached hydrogens (tertiary/aromatic N) is 1. The van der Waals surface area contributed by atoms with Crippen molar-refractivity contribution in [3.05, 3.63) is 33.7 Å². The van der Waals surface area contributed by atoms with E-state index in [1.807, 2.05) is 6.07 Å². The third-order valence-corrected chi connectivity index (χ3v) is 5.23. The lowest BCUT2D eigenvalue weighted by molar-refractivity contribution is 0.256. The molecule has 2 aromatic rings. The van der Waals surface area contributed by atoms with Gasteiger partial charge in [0.15, 0.2) is 0 Å². The average molecular weight is 286 g/mol. The molecule has 1 aliphatic rings. The molecule has 3 rings (SSSR count). The highest BCUT2D eigenvalue weighted by atomic mass is 35.5. The first kappa shape index (κ1) is 11.8. The SMILES string of the molecule is CN1Cc2csc3ccc(Cl)c(c23)CC1CCl. The van der Waals surface area contributed by atoms with E-state index in [2.05, 4.69) is 23.4 Å². The third kappa shape index (κ3) is 1.88. The Labute approximate surface area is 115 Å². The van der Waals surface area contributed by atoms with Gasteiger partial charge in [0.2, 0.25) is 0 Å². The van der Waals surface area contributed by atoms with E-state index in [4.69, 9.17) is 23.2 Å². The standard InChI is InChI=1S/C13H13Cl2NS/c1-16-6-8-7-17-12-3-2-11(15)10(13(8)12)4-9(16)5-14/h2-3,7,9H,4-6H2,1H3. The molecule has 1 aromatic carbocycles. The third-order valence-electron chi connectivity index (χ3n) is 3.53. The number of thiophene rings is 1. The second-order valence-electron chi connectivity index (χ2n) is 4.59. The van der Waals surface area contributed by atoms with Crippen LogP contribution in [0, 0.1) is 0 Å². The molecule has 17 heavy (non-hydrogen) atoms. The Morgan fingerprint density at radius 3 is 3.06 bits per heavy atom. The summed E-state index contributed by atoms with van der Waals surface area (Å²) < 4.78 is 1.34. The minimum atomic E-state index is 0.372. The van der Waals surface area contributed by atoms with E-state index in [9.17, 15) is 0 Å². The molecule has 1 atom stereocenters. The first-order valence-electron chi connectivity index (χ1n) is 5.64. The van der Waals surface area contributed by atoms with Crippen molar-refractivity contribution in [2.75, 3.05) is 12.9 Å². The summed E-state index contributed by atoms with van der Waals surface area (Å²) >= 11 is 14.2. The van der Waals surface area contributed by atoms with E-state index in [0.717, 1.165) is 18.0 Å². The number of hydrogen-bond donors (Lipinski definition) is 0. The van der Waals surface area contributed by atoms with Crippen LogP contribution in [-0.4, -0.2) is 23.9 Å². The Morgan fingerprint density at radius 2 is 2.29 bits per heavy atom. The molecule has 2 heterocycles. The van der Waals surface area contributed by atoms with Gasteiger partial charge in [-0.3, -0.25) is 4.90 Å². The molecule has 0 saturated heterocycles. The van der Waals surface area contributed by atoms with Crippen molar-refractivity contribution < 1.29 is 0 Å². The zero-order valence-corrected chi connectivity index (χ0v) is 11.9. The van der Waals surface area contributed by atoms with Crippen LogP contribution in [-0.2, 0) is 13.0 Å². The molecule has 0 amide bonds. The van der Waals surface area contributed by atoms with E-state index in [1.54, 1.807) is 11.3 Å². The lowest BCUT2D eigenvalue weighted by Crippen LogP contribution is -2.33. The van der Waals surface area contributed by atoms with Crippen LogP contribution in [0.3, 0.4) is 0 Å². The fourth-order valence-electron chi connectivity index (χ4n) is 2.52. The maximum absolute atomic E-state index is 6.35. The maximum atomic E-state index is 6.35. The van der Waals surface area contributed by atoms with Crippen LogP contribution in [0.5, 0.6) is 0 Å². The van der Waals surface area contributed by atoms with E-state index in [-0.39, 0.29) is 0 Å². The second kappa shape index (κ2) is 4.43. The lowest BCUT2D eigenvalue weighted by atomic mass is 10.0. The minimum absolute atomic E-state index is 0.372. The quantitative estimate of drug-likeness (QED) is 0.712. The van der Waals surface area contributed by atoms with Crippen LogP contribution in [0.2, 0.25) is 5.02 Å². The number of alkyl halides is 1. The predicted octanol–water partition coefficient (Wildman–Crippen LogP) is 4.15. The Balaban J connectivity index is 2.24. The molecule has 0 fully saturated rings. The molecule has 0 N–H and O–H groups in total. The molecule has 0 bridgehead atoms. The topological polar surface area (TPSA) is 3.24 Å². The Bertz CT molecular complexity index is 564. The monoisotopic (exact) mass is 285 g/mol. The molecule has 1 unspecified atom stereocenters. The van der Waals surface area contributed by atoms with Crippen molar-refractivity contribution in [3.63, 3.8) is 0 Å². The van der Waals surface area contributed by atoms with Crippen molar-refractivity contribution in [1.29, 1.82) is 0 Å². The summed E-state index contributed by atoms with van der Waals surface area (Å²) in [6, 6.07) is 4.50. The van der Waals surface area contributed by atoms with Gasteiger partial charge >= 0.3 is 0 Å². The molecule has 1 aromatic heterocycles. The van der Waals surface area contributed by atoms with Crippen LogP contribution in [0.15, 0.2) is 17.5 Å². The normalized spacial score (nSPS) is 20.8. The van der Waals surface area contributed by atoms with Gasteiger partial charge in [0.25, 0.3) is 0 Å². The summed E-state index contributed by atoms with van der Waals surface area (Å²) in [7, 11) is 2.14. The summed E-state index contributed by atoms with van der Waals surface area (Å²) in [4.78, 5) is 2.32. The summed E-state index contributed by atoms with van der Waals surface area (Å²) in [5.41, 5.74) is 2.66. The van der Waals surface area contributed by atoms with E-state index in [1.165, 1.54) is 21.2 Å². The number of halogens is 2. The Kier molecular flexibility index (Phi) is 3.07. The molecular weight excluding hydrogens is 273 g/mol. The Morgan fingerprint density at radius 1 is 1.47 bits per heavy atom. The van der Waals surface area contributed by atoms with Crippen LogP contribution in [0.4, 0.5) is 0 Å². The smallest absolute Gasteiger partial charge is 0.0445 e. The van der Waals surface area contributed by atoms with Gasteiger partial charge in [0.1, 0.15) is 0 Å². The molecule has 1 nitrogen and oxygen atoms in total. The Hall–Kier alpha value is -0.280. The van der Waals surface area contributed by atoms with E-state index >= 15 is 0 Å². The molecule has 90 valence electrons. The molecule has 0 saturated carbocycles. The highest BCUT2D eigenvalue weighted by Gasteiger charge is 2.24. The van der Waals surface area contributed by atoms with Crippen molar-refractivity contribution in [2.24, 2.45) is 0 Å². The summed E-state index contributed by atoms with van der Waals surface area (Å²) in [6.45, 7) is 0.963. The van der Waals surface area contributed by atoms with Crippen LogP contribution < -0.4 is 0 Å². The van der Waals surface area contributed by atoms with Crippen molar-refractivity contribution >= 4 is 44.6 Å². The molecule has 4 heteroatoms. The van der Waals surface area contributed by atoms with Gasteiger partial charge in [-0.05, 0) is 42.1 Å². The zero-order valence-electron chi connectivity index (χ0n) is 9.54. The fraction of sp³-hybridized carbons (Fsp3) is 0.385. The maximum Gasteiger partial charge on any atom is 0.0445 e. The predicted molar refractivity (Wildman–Crippen MR) is 76.5 cm³/mol. The molecule has 0 aliphatic carbocycles. The first-order valence-corrected chi connectivity index (χ1v) is 7.43. The van der Waals surface area contributed by atoms with Crippen molar-refractivity contribution in [3.8, 4) is 0 Å². The lowest BCUT2D eigenvalue weighted by Gasteiger charge is -2.23. The number of rotatable bonds is 1. The molecule has 0 radical (unpaired) electrons. The fourth-order valence-corrected chi connectivity index (χ4v) is 4.08. The molecular formula is C13H13Cl2NS. The van der Waals surface area contributed by atoms with Gasteiger partial charge < -0.3 is 0 Å². The highest BCUT2D eigenvalue weighted by molar-refractivity contribution is 7.17. The van der Waals surface area contributed by atoms with Crippen molar-refractivity contribution in [1.82, 2.24) is 4.90 Å². The number of likely N-dealkylation sites (N-methyl/N-ethyl adjacent to an activating group) is 1. The van der Waals surface area contributed by atoms with Gasteiger partial charge in [0.05, 0.1) is 0 Å². The van der Waals surface area contributed by atoms with Gasteiger partial charge in [-0.2, -0.15) is 0 Å². The zero-order chi connectivity index (χ0) is 12.0. The minimum Gasteiger partial charge on any atom is -0.298 e. The van der Waals surface area contributed by atoms with E-state index in [0.29, 0.717) is 11.9 Å².